The van der Waals surface area contributed by atoms with Gasteiger partial charge in [0.05, 0.1) is 5.56 Å². The number of aromatic nitrogens is 2. The number of nitrogens with one attached hydrogen (secondary N) is 1. The minimum Gasteiger partial charge on any atom is -0.453 e. The van der Waals surface area contributed by atoms with E-state index in [1.54, 1.807) is 12.1 Å². The number of halogens is 3. The lowest BCUT2D eigenvalue weighted by Gasteiger charge is -2.10. The molecule has 0 atom stereocenters. The average Bonchev–Trinajstić information content (AvgIpc) is 3.31. The molecule has 0 aliphatic carbocycles. The highest BCUT2D eigenvalue weighted by Crippen LogP contribution is 2.39. The first-order valence-electron chi connectivity index (χ1n) is 7.93. The molecule has 8 heteroatoms. The predicted molar refractivity (Wildman–Crippen MR) is 97.8 cm³/mol. The SMILES string of the molecule is FC(F)(F)c1ccccc1-c1ccc(-c2nnc(Nc3ccccc3)s2)o1. The Labute approximate surface area is 156 Å². The van der Waals surface area contributed by atoms with Gasteiger partial charge in [-0.2, -0.15) is 13.2 Å². The Morgan fingerprint density at radius 2 is 1.52 bits per heavy atom. The van der Waals surface area contributed by atoms with Gasteiger partial charge in [-0.1, -0.05) is 47.7 Å². The smallest absolute Gasteiger partial charge is 0.417 e. The zero-order valence-electron chi connectivity index (χ0n) is 13.7. The summed E-state index contributed by atoms with van der Waals surface area (Å²) in [7, 11) is 0. The second kappa shape index (κ2) is 6.88. The summed E-state index contributed by atoms with van der Waals surface area (Å²) in [5, 5.41) is 12.2. The molecule has 4 aromatic rings. The molecule has 0 bridgehead atoms. The Hall–Kier alpha value is -3.13. The number of nitrogens with zero attached hydrogens (tertiary/aromatic N) is 2. The van der Waals surface area contributed by atoms with E-state index < -0.39 is 11.7 Å². The monoisotopic (exact) mass is 387 g/mol. The van der Waals surface area contributed by atoms with Gasteiger partial charge in [-0.05, 0) is 30.3 Å². The maximum absolute atomic E-state index is 13.2. The van der Waals surface area contributed by atoms with Gasteiger partial charge in [0.15, 0.2) is 10.8 Å². The molecule has 27 heavy (non-hydrogen) atoms. The normalized spacial score (nSPS) is 11.5. The zero-order valence-corrected chi connectivity index (χ0v) is 14.5. The fraction of sp³-hybridized carbons (Fsp3) is 0.0526. The molecule has 0 radical (unpaired) electrons. The molecule has 136 valence electrons. The van der Waals surface area contributed by atoms with Crippen LogP contribution >= 0.6 is 11.3 Å². The van der Waals surface area contributed by atoms with Crippen molar-refractivity contribution in [3.8, 4) is 22.1 Å². The second-order valence-corrected chi connectivity index (χ2v) is 6.59. The zero-order chi connectivity index (χ0) is 18.9. The number of hydrogen-bond donors (Lipinski definition) is 1. The molecular formula is C19H12F3N3OS. The summed E-state index contributed by atoms with van der Waals surface area (Å²) >= 11 is 1.25. The molecular weight excluding hydrogens is 375 g/mol. The summed E-state index contributed by atoms with van der Waals surface area (Å²) in [6, 6.07) is 17.9. The van der Waals surface area contributed by atoms with Crippen LogP contribution < -0.4 is 5.32 Å². The van der Waals surface area contributed by atoms with E-state index in [4.69, 9.17) is 4.42 Å². The number of benzene rings is 2. The number of furan rings is 1. The third-order valence-corrected chi connectivity index (χ3v) is 4.62. The van der Waals surface area contributed by atoms with E-state index in [9.17, 15) is 13.2 Å². The first-order chi connectivity index (χ1) is 13.0. The first kappa shape index (κ1) is 17.3. The van der Waals surface area contributed by atoms with Crippen molar-refractivity contribution < 1.29 is 17.6 Å². The van der Waals surface area contributed by atoms with Crippen molar-refractivity contribution in [3.63, 3.8) is 0 Å². The van der Waals surface area contributed by atoms with Gasteiger partial charge in [0.1, 0.15) is 5.76 Å². The van der Waals surface area contributed by atoms with E-state index in [0.29, 0.717) is 15.9 Å². The van der Waals surface area contributed by atoms with Gasteiger partial charge < -0.3 is 9.73 Å². The third-order valence-electron chi connectivity index (χ3n) is 3.76. The molecule has 0 saturated heterocycles. The molecule has 0 amide bonds. The van der Waals surface area contributed by atoms with E-state index in [0.717, 1.165) is 11.8 Å². The first-order valence-corrected chi connectivity index (χ1v) is 8.75. The quantitative estimate of drug-likeness (QED) is 0.451. The van der Waals surface area contributed by atoms with Crippen LogP contribution in [0, 0.1) is 0 Å². The Bertz CT molecular complexity index is 1060. The molecule has 0 aliphatic rings. The number of alkyl halides is 3. The lowest BCUT2D eigenvalue weighted by molar-refractivity contribution is -0.137. The fourth-order valence-electron chi connectivity index (χ4n) is 2.56. The Kier molecular flexibility index (Phi) is 4.41. The minimum atomic E-state index is -4.46. The molecule has 4 rings (SSSR count). The van der Waals surface area contributed by atoms with Gasteiger partial charge in [0, 0.05) is 11.3 Å². The standard InChI is InChI=1S/C19H12F3N3OS/c20-19(21,22)14-9-5-4-8-13(14)15-10-11-16(26-15)17-24-25-18(27-17)23-12-6-2-1-3-7-12/h1-11H,(H,23,25). The molecule has 4 nitrogen and oxygen atoms in total. The van der Waals surface area contributed by atoms with E-state index in [1.165, 1.54) is 29.5 Å². The Balaban J connectivity index is 1.61. The number of para-hydroxylation sites is 1. The van der Waals surface area contributed by atoms with Crippen LogP contribution in [0.15, 0.2) is 71.1 Å². The van der Waals surface area contributed by atoms with E-state index in [1.807, 2.05) is 30.3 Å². The van der Waals surface area contributed by atoms with Crippen molar-refractivity contribution >= 4 is 22.2 Å². The molecule has 1 N–H and O–H groups in total. The van der Waals surface area contributed by atoms with Gasteiger partial charge in [0.2, 0.25) is 5.13 Å². The van der Waals surface area contributed by atoms with Crippen LogP contribution in [0.2, 0.25) is 0 Å². The highest BCUT2D eigenvalue weighted by molar-refractivity contribution is 7.18. The molecule has 2 heterocycles. The topological polar surface area (TPSA) is 51.0 Å². The summed E-state index contributed by atoms with van der Waals surface area (Å²) in [5.41, 5.74) is 0.109. The van der Waals surface area contributed by atoms with Crippen LogP contribution in [-0.4, -0.2) is 10.2 Å². The van der Waals surface area contributed by atoms with Crippen LogP contribution in [0.4, 0.5) is 24.0 Å². The molecule has 0 spiro atoms. The van der Waals surface area contributed by atoms with Crippen molar-refractivity contribution in [1.82, 2.24) is 10.2 Å². The van der Waals surface area contributed by atoms with Crippen LogP contribution in [0.3, 0.4) is 0 Å². The van der Waals surface area contributed by atoms with Crippen molar-refractivity contribution in [3.05, 3.63) is 72.3 Å². The number of hydrogen-bond acceptors (Lipinski definition) is 5. The van der Waals surface area contributed by atoms with Gasteiger partial charge in [-0.15, -0.1) is 10.2 Å². The summed E-state index contributed by atoms with van der Waals surface area (Å²) < 4.78 is 45.2. The largest absolute Gasteiger partial charge is 0.453 e. The molecule has 2 aromatic heterocycles. The maximum Gasteiger partial charge on any atom is 0.417 e. The van der Waals surface area contributed by atoms with Gasteiger partial charge >= 0.3 is 6.18 Å². The third kappa shape index (κ3) is 3.70. The van der Waals surface area contributed by atoms with Crippen molar-refractivity contribution in [2.75, 3.05) is 5.32 Å². The van der Waals surface area contributed by atoms with Gasteiger partial charge in [-0.3, -0.25) is 0 Å². The number of anilines is 2. The highest BCUT2D eigenvalue weighted by Gasteiger charge is 2.34. The predicted octanol–water partition coefficient (Wildman–Crippen LogP) is 6.23. The fourth-order valence-corrected chi connectivity index (χ4v) is 3.29. The van der Waals surface area contributed by atoms with Crippen molar-refractivity contribution in [1.29, 1.82) is 0 Å². The second-order valence-electron chi connectivity index (χ2n) is 5.61. The number of rotatable bonds is 4. The lowest BCUT2D eigenvalue weighted by atomic mass is 10.1. The minimum absolute atomic E-state index is 0.0107. The van der Waals surface area contributed by atoms with Gasteiger partial charge in [0.25, 0.3) is 0 Å². The van der Waals surface area contributed by atoms with E-state index in [-0.39, 0.29) is 11.3 Å². The van der Waals surface area contributed by atoms with Crippen LogP contribution in [-0.2, 0) is 6.18 Å². The summed E-state index contributed by atoms with van der Waals surface area (Å²) in [6.45, 7) is 0. The molecule has 0 fully saturated rings. The van der Waals surface area contributed by atoms with Crippen LogP contribution in [0.5, 0.6) is 0 Å². The lowest BCUT2D eigenvalue weighted by Crippen LogP contribution is -2.06. The highest BCUT2D eigenvalue weighted by atomic mass is 32.1. The summed E-state index contributed by atoms with van der Waals surface area (Å²) in [5.74, 6) is 0.492. The average molecular weight is 387 g/mol. The molecule has 2 aromatic carbocycles. The van der Waals surface area contributed by atoms with Gasteiger partial charge in [-0.25, -0.2) is 0 Å². The Morgan fingerprint density at radius 3 is 2.30 bits per heavy atom. The Morgan fingerprint density at radius 1 is 0.815 bits per heavy atom. The van der Waals surface area contributed by atoms with Crippen LogP contribution in [0.25, 0.3) is 22.1 Å². The summed E-state index contributed by atoms with van der Waals surface area (Å²) in [4.78, 5) is 0. The van der Waals surface area contributed by atoms with Crippen LogP contribution in [0.1, 0.15) is 5.56 Å². The summed E-state index contributed by atoms with van der Waals surface area (Å²) in [6.07, 6.45) is -4.46. The maximum atomic E-state index is 13.2. The van der Waals surface area contributed by atoms with E-state index >= 15 is 0 Å². The molecule has 0 unspecified atom stereocenters. The van der Waals surface area contributed by atoms with E-state index in [2.05, 4.69) is 15.5 Å². The van der Waals surface area contributed by atoms with Crippen molar-refractivity contribution in [2.45, 2.75) is 6.18 Å². The molecule has 0 saturated carbocycles. The molecule has 0 aliphatic heterocycles. The van der Waals surface area contributed by atoms with Crippen molar-refractivity contribution in [2.24, 2.45) is 0 Å².